The fourth-order valence-corrected chi connectivity index (χ4v) is 4.77. The Bertz CT molecular complexity index is 1090. The van der Waals surface area contributed by atoms with Crippen molar-refractivity contribution in [2.45, 2.75) is 52.2 Å². The van der Waals surface area contributed by atoms with Crippen molar-refractivity contribution in [1.29, 1.82) is 0 Å². The highest BCUT2D eigenvalue weighted by Crippen LogP contribution is 2.45. The fraction of sp³-hybridized carbons (Fsp3) is 0.440. The summed E-state index contributed by atoms with van der Waals surface area (Å²) in [6.07, 6.45) is 5.14. The normalized spacial score (nSPS) is 21.3. The van der Waals surface area contributed by atoms with Gasteiger partial charge in [-0.25, -0.2) is 9.59 Å². The van der Waals surface area contributed by atoms with Gasteiger partial charge in [0.2, 0.25) is 0 Å². The van der Waals surface area contributed by atoms with Crippen LogP contribution in [0.15, 0.2) is 47.7 Å². The molecule has 2 aliphatic rings. The Balaban J connectivity index is 1.79. The average Bonchev–Trinajstić information content (AvgIpc) is 3.11. The molecule has 1 aromatic heterocycles. The Kier molecular flexibility index (Phi) is 5.42. The van der Waals surface area contributed by atoms with Crippen molar-refractivity contribution in [3.8, 4) is 0 Å². The molecular weight excluding hydrogens is 392 g/mol. The number of carbonyl (C=O) groups excluding carboxylic acids is 2. The lowest BCUT2D eigenvalue weighted by Gasteiger charge is -2.42. The van der Waals surface area contributed by atoms with Crippen LogP contribution >= 0.6 is 0 Å². The molecule has 0 fully saturated rings. The SMILES string of the molecule is C/C=C(/C(=O)OC)[C@@H]1C[C@H]2c3[nH]c4ccccc4c3CCN2C=C1C(=O)OC(C)(C)C. The molecule has 0 spiro atoms. The summed E-state index contributed by atoms with van der Waals surface area (Å²) in [5, 5.41) is 1.25. The predicted molar refractivity (Wildman–Crippen MR) is 119 cm³/mol. The third kappa shape index (κ3) is 3.87. The maximum atomic E-state index is 13.1. The van der Waals surface area contributed by atoms with E-state index in [9.17, 15) is 9.59 Å². The number of hydrogen-bond donors (Lipinski definition) is 1. The number of nitrogens with one attached hydrogen (secondary N) is 1. The lowest BCUT2D eigenvalue weighted by atomic mass is 9.79. The quantitative estimate of drug-likeness (QED) is 0.585. The first-order chi connectivity index (χ1) is 14.7. The number of esters is 2. The van der Waals surface area contributed by atoms with Crippen LogP contribution in [0.3, 0.4) is 0 Å². The molecule has 0 radical (unpaired) electrons. The van der Waals surface area contributed by atoms with Crippen molar-refractivity contribution < 1.29 is 19.1 Å². The Morgan fingerprint density at radius 2 is 1.97 bits per heavy atom. The molecule has 0 bridgehead atoms. The molecule has 0 saturated heterocycles. The van der Waals surface area contributed by atoms with Gasteiger partial charge >= 0.3 is 11.9 Å². The van der Waals surface area contributed by atoms with Gasteiger partial charge in [0.05, 0.1) is 18.7 Å². The molecule has 1 aromatic carbocycles. The van der Waals surface area contributed by atoms with Gasteiger partial charge in [-0.05, 0) is 52.2 Å². The Morgan fingerprint density at radius 3 is 2.65 bits per heavy atom. The summed E-state index contributed by atoms with van der Waals surface area (Å²) >= 11 is 0. The first kappa shape index (κ1) is 21.2. The monoisotopic (exact) mass is 422 g/mol. The van der Waals surface area contributed by atoms with E-state index in [2.05, 4.69) is 28.1 Å². The molecule has 31 heavy (non-hydrogen) atoms. The molecule has 0 saturated carbocycles. The van der Waals surface area contributed by atoms with Crippen LogP contribution in [0.25, 0.3) is 10.9 Å². The van der Waals surface area contributed by atoms with Crippen LogP contribution < -0.4 is 0 Å². The van der Waals surface area contributed by atoms with Gasteiger partial charge in [0, 0.05) is 40.8 Å². The zero-order valence-corrected chi connectivity index (χ0v) is 18.8. The molecule has 1 N–H and O–H groups in total. The molecule has 164 valence electrons. The summed E-state index contributed by atoms with van der Waals surface area (Å²) < 4.78 is 10.7. The minimum atomic E-state index is -0.618. The van der Waals surface area contributed by atoms with E-state index < -0.39 is 17.5 Å². The number of para-hydroxylation sites is 1. The number of aromatic amines is 1. The summed E-state index contributed by atoms with van der Waals surface area (Å²) in [7, 11) is 1.37. The standard InChI is InChI=1S/C25H30N2O4/c1-6-15(23(28)30-5)18-13-21-22-17(16-9-7-8-10-20(16)26-22)11-12-27(21)14-19(18)24(29)31-25(2,3)4/h6-10,14,18,21,26H,11-13H2,1-5H3/b15-6+/t18-,21-/m0/s1. The summed E-state index contributed by atoms with van der Waals surface area (Å²) in [6.45, 7) is 8.16. The zero-order valence-electron chi connectivity index (χ0n) is 18.8. The summed E-state index contributed by atoms with van der Waals surface area (Å²) in [5.74, 6) is -1.20. The molecule has 2 aromatic rings. The molecule has 0 amide bonds. The maximum Gasteiger partial charge on any atom is 0.336 e. The Labute approximate surface area is 182 Å². The first-order valence-corrected chi connectivity index (χ1v) is 10.8. The number of fused-ring (bicyclic) bond motifs is 5. The number of aromatic nitrogens is 1. The predicted octanol–water partition coefficient (Wildman–Crippen LogP) is 4.43. The van der Waals surface area contributed by atoms with Crippen LogP contribution in [0.1, 0.15) is 51.4 Å². The molecule has 0 unspecified atom stereocenters. The van der Waals surface area contributed by atoms with Crippen molar-refractivity contribution in [2.75, 3.05) is 13.7 Å². The molecule has 0 aliphatic carbocycles. The fourth-order valence-electron chi connectivity index (χ4n) is 4.77. The number of nitrogens with zero attached hydrogens (tertiary/aromatic N) is 1. The van der Waals surface area contributed by atoms with Crippen LogP contribution in [-0.2, 0) is 25.5 Å². The van der Waals surface area contributed by atoms with E-state index in [4.69, 9.17) is 9.47 Å². The number of benzene rings is 1. The Morgan fingerprint density at radius 1 is 1.23 bits per heavy atom. The summed E-state index contributed by atoms with van der Waals surface area (Å²) in [6, 6.07) is 8.37. The van der Waals surface area contributed by atoms with Crippen LogP contribution in [0, 0.1) is 5.92 Å². The van der Waals surface area contributed by atoms with Gasteiger partial charge in [-0.15, -0.1) is 0 Å². The first-order valence-electron chi connectivity index (χ1n) is 10.8. The lowest BCUT2D eigenvalue weighted by Crippen LogP contribution is -2.40. The van der Waals surface area contributed by atoms with Crippen LogP contribution in [0.2, 0.25) is 0 Å². The summed E-state index contributed by atoms with van der Waals surface area (Å²) in [5.41, 5.74) is 3.98. The second kappa shape index (κ2) is 7.91. The molecule has 6 heteroatoms. The van der Waals surface area contributed by atoms with Crippen molar-refractivity contribution >= 4 is 22.8 Å². The molecule has 2 atom stereocenters. The van der Waals surface area contributed by atoms with Gasteiger partial charge in [0.25, 0.3) is 0 Å². The number of ether oxygens (including phenoxy) is 2. The van der Waals surface area contributed by atoms with Gasteiger partial charge in [0.15, 0.2) is 0 Å². The van der Waals surface area contributed by atoms with Crippen molar-refractivity contribution in [2.24, 2.45) is 5.92 Å². The molecule has 4 rings (SSSR count). The minimum absolute atomic E-state index is 0.0481. The smallest absolute Gasteiger partial charge is 0.336 e. The number of rotatable bonds is 3. The third-order valence-corrected chi connectivity index (χ3v) is 6.08. The van der Waals surface area contributed by atoms with Gasteiger partial charge < -0.3 is 19.4 Å². The zero-order chi connectivity index (χ0) is 22.3. The Hall–Kier alpha value is -3.02. The van der Waals surface area contributed by atoms with Crippen LogP contribution in [-0.4, -0.2) is 41.1 Å². The molecule has 2 aliphatic heterocycles. The third-order valence-electron chi connectivity index (χ3n) is 6.08. The number of hydrogen-bond acceptors (Lipinski definition) is 5. The van der Waals surface area contributed by atoms with Gasteiger partial charge in [-0.2, -0.15) is 0 Å². The minimum Gasteiger partial charge on any atom is -0.466 e. The number of carbonyl (C=O) groups is 2. The second-order valence-corrected chi connectivity index (χ2v) is 9.18. The van der Waals surface area contributed by atoms with Gasteiger partial charge in [-0.1, -0.05) is 24.3 Å². The summed E-state index contributed by atoms with van der Waals surface area (Å²) in [4.78, 5) is 31.5. The van der Waals surface area contributed by atoms with Crippen molar-refractivity contribution in [3.63, 3.8) is 0 Å². The van der Waals surface area contributed by atoms with E-state index in [0.717, 1.165) is 24.2 Å². The van der Waals surface area contributed by atoms with Crippen molar-refractivity contribution in [1.82, 2.24) is 9.88 Å². The highest BCUT2D eigenvalue weighted by Gasteiger charge is 2.41. The molecule has 6 nitrogen and oxygen atoms in total. The van der Waals surface area contributed by atoms with Crippen molar-refractivity contribution in [3.05, 3.63) is 58.9 Å². The molecule has 3 heterocycles. The lowest BCUT2D eigenvalue weighted by molar-refractivity contribution is -0.150. The van der Waals surface area contributed by atoms with E-state index in [1.807, 2.05) is 33.0 Å². The van der Waals surface area contributed by atoms with E-state index in [-0.39, 0.29) is 12.0 Å². The average molecular weight is 423 g/mol. The largest absolute Gasteiger partial charge is 0.466 e. The van der Waals surface area contributed by atoms with E-state index >= 15 is 0 Å². The topological polar surface area (TPSA) is 71.6 Å². The van der Waals surface area contributed by atoms with Gasteiger partial charge in [-0.3, -0.25) is 0 Å². The van der Waals surface area contributed by atoms with Crippen LogP contribution in [0.4, 0.5) is 0 Å². The molecular formula is C25H30N2O4. The van der Waals surface area contributed by atoms with Gasteiger partial charge in [0.1, 0.15) is 5.60 Å². The number of methoxy groups -OCH3 is 1. The van der Waals surface area contributed by atoms with E-state index in [1.165, 1.54) is 18.1 Å². The highest BCUT2D eigenvalue weighted by atomic mass is 16.6. The van der Waals surface area contributed by atoms with Crippen LogP contribution in [0.5, 0.6) is 0 Å². The number of allylic oxidation sites excluding steroid dienone is 1. The maximum absolute atomic E-state index is 13.1. The van der Waals surface area contributed by atoms with E-state index in [0.29, 0.717) is 17.6 Å². The number of H-pyrrole nitrogens is 1. The second-order valence-electron chi connectivity index (χ2n) is 9.18. The van der Waals surface area contributed by atoms with E-state index in [1.54, 1.807) is 13.0 Å². The highest BCUT2D eigenvalue weighted by molar-refractivity contribution is 5.96.